The third kappa shape index (κ3) is 2.97. The molecule has 1 amide bonds. The van der Waals surface area contributed by atoms with Gasteiger partial charge in [-0.15, -0.1) is 12.4 Å². The number of nitrogens with one attached hydrogen (secondary N) is 1. The molecule has 0 aromatic carbocycles. The number of carbonyl (C=O) groups is 1. The van der Waals surface area contributed by atoms with Crippen LogP contribution in [0.25, 0.3) is 0 Å². The Morgan fingerprint density at radius 1 is 1.55 bits per heavy atom. The second-order valence-electron chi connectivity index (χ2n) is 5.12. The molecular formula is C13H20ClN3O3. The Kier molecular flexibility index (Phi) is 5.01. The molecule has 3 heterocycles. The lowest BCUT2D eigenvalue weighted by molar-refractivity contribution is -0.146. The van der Waals surface area contributed by atoms with Crippen LogP contribution >= 0.6 is 12.4 Å². The van der Waals surface area contributed by atoms with E-state index < -0.39 is 0 Å². The molecule has 2 saturated heterocycles. The van der Waals surface area contributed by atoms with Crippen molar-refractivity contribution < 1.29 is 14.1 Å². The van der Waals surface area contributed by atoms with Gasteiger partial charge < -0.3 is 19.5 Å². The summed E-state index contributed by atoms with van der Waals surface area (Å²) < 4.78 is 10.9. The van der Waals surface area contributed by atoms with E-state index in [1.54, 1.807) is 0 Å². The Balaban J connectivity index is 0.00000147. The number of hydrogen-bond donors (Lipinski definition) is 1. The van der Waals surface area contributed by atoms with Gasteiger partial charge in [0.15, 0.2) is 5.76 Å². The number of aryl methyl sites for hydroxylation is 1. The summed E-state index contributed by atoms with van der Waals surface area (Å²) in [5.41, 5.74) is 0.852. The molecule has 1 aromatic rings. The van der Waals surface area contributed by atoms with Crippen LogP contribution in [-0.2, 0) is 9.53 Å². The van der Waals surface area contributed by atoms with Crippen LogP contribution in [0.2, 0.25) is 0 Å². The van der Waals surface area contributed by atoms with Gasteiger partial charge in [0, 0.05) is 25.7 Å². The topological polar surface area (TPSA) is 67.6 Å². The van der Waals surface area contributed by atoms with Crippen molar-refractivity contribution in [1.29, 1.82) is 0 Å². The van der Waals surface area contributed by atoms with Crippen LogP contribution in [0.15, 0.2) is 10.6 Å². The first-order valence-electron chi connectivity index (χ1n) is 6.82. The predicted molar refractivity (Wildman–Crippen MR) is 74.8 cm³/mol. The molecule has 0 bridgehead atoms. The number of aromatic nitrogens is 1. The molecule has 0 radical (unpaired) electrons. The SMILES string of the molecule is Cc1cc(C2CCCN2C(=O)C2CNCCO2)on1.Cl. The van der Waals surface area contributed by atoms with Crippen molar-refractivity contribution in [3.63, 3.8) is 0 Å². The molecule has 2 aliphatic rings. The Morgan fingerprint density at radius 2 is 2.40 bits per heavy atom. The van der Waals surface area contributed by atoms with Gasteiger partial charge in [0.2, 0.25) is 0 Å². The Bertz CT molecular complexity index is 459. The number of hydrogen-bond acceptors (Lipinski definition) is 5. The van der Waals surface area contributed by atoms with E-state index in [1.165, 1.54) is 0 Å². The van der Waals surface area contributed by atoms with E-state index in [0.29, 0.717) is 13.2 Å². The Morgan fingerprint density at radius 3 is 3.05 bits per heavy atom. The summed E-state index contributed by atoms with van der Waals surface area (Å²) in [6.07, 6.45) is 1.56. The van der Waals surface area contributed by atoms with Crippen LogP contribution < -0.4 is 5.32 Å². The normalized spacial score (nSPS) is 26.4. The van der Waals surface area contributed by atoms with Crippen LogP contribution in [0.4, 0.5) is 0 Å². The summed E-state index contributed by atoms with van der Waals surface area (Å²) >= 11 is 0. The second kappa shape index (κ2) is 6.56. The van der Waals surface area contributed by atoms with Crippen molar-refractivity contribution in [2.24, 2.45) is 0 Å². The highest BCUT2D eigenvalue weighted by molar-refractivity contribution is 5.85. The maximum Gasteiger partial charge on any atom is 0.253 e. The van der Waals surface area contributed by atoms with Crippen molar-refractivity contribution in [3.8, 4) is 0 Å². The maximum atomic E-state index is 12.5. The Labute approximate surface area is 124 Å². The van der Waals surface area contributed by atoms with Crippen molar-refractivity contribution >= 4 is 18.3 Å². The van der Waals surface area contributed by atoms with Gasteiger partial charge in [-0.1, -0.05) is 5.16 Å². The van der Waals surface area contributed by atoms with Gasteiger partial charge in [-0.3, -0.25) is 4.79 Å². The monoisotopic (exact) mass is 301 g/mol. The summed E-state index contributed by atoms with van der Waals surface area (Å²) in [4.78, 5) is 14.4. The smallest absolute Gasteiger partial charge is 0.253 e. The molecule has 112 valence electrons. The number of rotatable bonds is 2. The van der Waals surface area contributed by atoms with E-state index in [2.05, 4.69) is 10.5 Å². The van der Waals surface area contributed by atoms with E-state index in [1.807, 2.05) is 17.9 Å². The number of halogens is 1. The average molecular weight is 302 g/mol. The van der Waals surface area contributed by atoms with E-state index in [4.69, 9.17) is 9.26 Å². The molecule has 1 aromatic heterocycles. The minimum absolute atomic E-state index is 0. The third-order valence-corrected chi connectivity index (χ3v) is 3.71. The number of ether oxygens (including phenoxy) is 1. The molecule has 0 spiro atoms. The van der Waals surface area contributed by atoms with Gasteiger partial charge in [0.05, 0.1) is 18.3 Å². The highest BCUT2D eigenvalue weighted by Gasteiger charge is 2.36. The number of carbonyl (C=O) groups excluding carboxylic acids is 1. The fraction of sp³-hybridized carbons (Fsp3) is 0.692. The van der Waals surface area contributed by atoms with Gasteiger partial charge in [-0.2, -0.15) is 0 Å². The molecule has 2 aliphatic heterocycles. The Hall–Kier alpha value is -1.11. The zero-order chi connectivity index (χ0) is 13.2. The highest BCUT2D eigenvalue weighted by Crippen LogP contribution is 2.33. The van der Waals surface area contributed by atoms with Crippen molar-refractivity contribution in [3.05, 3.63) is 17.5 Å². The molecule has 3 rings (SSSR count). The van der Waals surface area contributed by atoms with Crippen molar-refractivity contribution in [1.82, 2.24) is 15.4 Å². The van der Waals surface area contributed by atoms with Crippen LogP contribution in [0.1, 0.15) is 30.3 Å². The summed E-state index contributed by atoms with van der Waals surface area (Å²) in [5.74, 6) is 0.843. The molecule has 1 N–H and O–H groups in total. The van der Waals surface area contributed by atoms with Crippen LogP contribution in [0.3, 0.4) is 0 Å². The zero-order valence-corrected chi connectivity index (χ0v) is 12.3. The van der Waals surface area contributed by atoms with Gasteiger partial charge >= 0.3 is 0 Å². The molecule has 0 aliphatic carbocycles. The first kappa shape index (κ1) is 15.3. The van der Waals surface area contributed by atoms with Crippen LogP contribution in [-0.4, -0.2) is 48.3 Å². The molecule has 2 unspecified atom stereocenters. The number of morpholine rings is 1. The number of nitrogens with zero attached hydrogens (tertiary/aromatic N) is 2. The average Bonchev–Trinajstić information content (AvgIpc) is 3.07. The van der Waals surface area contributed by atoms with Gasteiger partial charge in [0.25, 0.3) is 5.91 Å². The lowest BCUT2D eigenvalue weighted by atomic mass is 10.1. The van der Waals surface area contributed by atoms with E-state index in [9.17, 15) is 4.79 Å². The minimum Gasteiger partial charge on any atom is -0.366 e. The fourth-order valence-corrected chi connectivity index (χ4v) is 2.78. The minimum atomic E-state index is -0.363. The zero-order valence-electron chi connectivity index (χ0n) is 11.5. The van der Waals surface area contributed by atoms with E-state index >= 15 is 0 Å². The lowest BCUT2D eigenvalue weighted by Gasteiger charge is -2.29. The largest absolute Gasteiger partial charge is 0.366 e. The van der Waals surface area contributed by atoms with E-state index in [0.717, 1.165) is 37.4 Å². The summed E-state index contributed by atoms with van der Waals surface area (Å²) in [6, 6.07) is 1.93. The first-order chi connectivity index (χ1) is 9.25. The van der Waals surface area contributed by atoms with Gasteiger partial charge in [0.1, 0.15) is 6.10 Å². The highest BCUT2D eigenvalue weighted by atomic mass is 35.5. The number of amides is 1. The molecule has 2 fully saturated rings. The summed E-state index contributed by atoms with van der Waals surface area (Å²) in [7, 11) is 0. The standard InChI is InChI=1S/C13H19N3O3.ClH/c1-9-7-11(19-15-9)10-3-2-5-16(10)13(17)12-8-14-4-6-18-12;/h7,10,12,14H,2-6,8H2,1H3;1H. The third-order valence-electron chi connectivity index (χ3n) is 3.71. The first-order valence-corrected chi connectivity index (χ1v) is 6.82. The van der Waals surface area contributed by atoms with Crippen molar-refractivity contribution in [2.75, 3.05) is 26.2 Å². The fourth-order valence-electron chi connectivity index (χ4n) is 2.78. The summed E-state index contributed by atoms with van der Waals surface area (Å²) in [6.45, 7) is 4.66. The summed E-state index contributed by atoms with van der Waals surface area (Å²) in [5, 5.41) is 7.10. The predicted octanol–water partition coefficient (Wildman–Crippen LogP) is 1.06. The van der Waals surface area contributed by atoms with Gasteiger partial charge in [-0.05, 0) is 19.8 Å². The molecule has 2 atom stereocenters. The molecule has 7 heteroatoms. The van der Waals surface area contributed by atoms with Crippen LogP contribution in [0.5, 0.6) is 0 Å². The quantitative estimate of drug-likeness (QED) is 0.884. The lowest BCUT2D eigenvalue weighted by Crippen LogP contribution is -2.49. The second-order valence-corrected chi connectivity index (χ2v) is 5.12. The molecule has 0 saturated carbocycles. The van der Waals surface area contributed by atoms with E-state index in [-0.39, 0.29) is 30.5 Å². The molecule has 20 heavy (non-hydrogen) atoms. The van der Waals surface area contributed by atoms with Crippen molar-refractivity contribution in [2.45, 2.75) is 31.9 Å². The van der Waals surface area contributed by atoms with Gasteiger partial charge in [-0.25, -0.2) is 0 Å². The number of likely N-dealkylation sites (tertiary alicyclic amines) is 1. The maximum absolute atomic E-state index is 12.5. The molecular weight excluding hydrogens is 282 g/mol. The molecule has 6 nitrogen and oxygen atoms in total. The van der Waals surface area contributed by atoms with Crippen LogP contribution in [0, 0.1) is 6.92 Å².